The number of rotatable bonds is 6. The highest BCUT2D eigenvalue weighted by Crippen LogP contribution is 2.25. The molecular formula is C12H21N3O2. The van der Waals surface area contributed by atoms with Crippen molar-refractivity contribution in [3.8, 4) is 0 Å². The highest BCUT2D eigenvalue weighted by molar-refractivity contribution is 5.82. The molecule has 0 fully saturated rings. The third kappa shape index (κ3) is 3.06. The second-order valence-electron chi connectivity index (χ2n) is 4.24. The predicted octanol–water partition coefficient (Wildman–Crippen LogP) is 1.36. The Hall–Kier alpha value is -1.36. The summed E-state index contributed by atoms with van der Waals surface area (Å²) in [6.07, 6.45) is 3.10. The van der Waals surface area contributed by atoms with Crippen molar-refractivity contribution in [3.05, 3.63) is 17.8 Å². The highest BCUT2D eigenvalue weighted by Gasteiger charge is 2.33. The van der Waals surface area contributed by atoms with Crippen LogP contribution in [0, 0.1) is 12.3 Å². The van der Waals surface area contributed by atoms with Crippen molar-refractivity contribution in [1.82, 2.24) is 10.3 Å². The molecule has 0 radical (unpaired) electrons. The van der Waals surface area contributed by atoms with Gasteiger partial charge in [0.1, 0.15) is 5.76 Å². The second kappa shape index (κ2) is 5.82. The van der Waals surface area contributed by atoms with Crippen LogP contribution in [-0.4, -0.2) is 17.4 Å². The fourth-order valence-electron chi connectivity index (χ4n) is 1.78. The molecule has 0 atom stereocenters. The van der Waals surface area contributed by atoms with Crippen LogP contribution in [-0.2, 0) is 11.3 Å². The number of nitrogens with two attached hydrogens (primary N) is 1. The summed E-state index contributed by atoms with van der Waals surface area (Å²) in [4.78, 5) is 16.1. The summed E-state index contributed by atoms with van der Waals surface area (Å²) in [6, 6.07) is 0. The molecule has 1 heterocycles. The van der Waals surface area contributed by atoms with Crippen LogP contribution < -0.4 is 11.1 Å². The summed E-state index contributed by atoms with van der Waals surface area (Å²) in [6.45, 7) is 6.45. The minimum absolute atomic E-state index is 0.0270. The summed E-state index contributed by atoms with van der Waals surface area (Å²) in [5.41, 5.74) is 5.23. The molecule has 0 saturated heterocycles. The van der Waals surface area contributed by atoms with Crippen LogP contribution in [0.4, 0.5) is 0 Å². The predicted molar refractivity (Wildman–Crippen MR) is 65.2 cm³/mol. The van der Waals surface area contributed by atoms with Crippen molar-refractivity contribution in [2.45, 2.75) is 40.2 Å². The lowest BCUT2D eigenvalue weighted by atomic mass is 9.81. The van der Waals surface area contributed by atoms with Crippen molar-refractivity contribution in [2.75, 3.05) is 6.54 Å². The number of amides is 1. The second-order valence-corrected chi connectivity index (χ2v) is 4.24. The van der Waals surface area contributed by atoms with Gasteiger partial charge in [0.25, 0.3) is 0 Å². The van der Waals surface area contributed by atoms with Gasteiger partial charge in [-0.25, -0.2) is 4.98 Å². The Morgan fingerprint density at radius 3 is 2.59 bits per heavy atom. The number of nitrogens with one attached hydrogen (secondary N) is 1. The number of hydrogen-bond donors (Lipinski definition) is 2. The van der Waals surface area contributed by atoms with Gasteiger partial charge in [0.2, 0.25) is 11.8 Å². The lowest BCUT2D eigenvalue weighted by molar-refractivity contribution is -0.131. The van der Waals surface area contributed by atoms with Crippen LogP contribution in [0.1, 0.15) is 38.3 Å². The van der Waals surface area contributed by atoms with E-state index in [0.29, 0.717) is 19.0 Å². The van der Waals surface area contributed by atoms with E-state index in [0.717, 1.165) is 18.6 Å². The van der Waals surface area contributed by atoms with Crippen molar-refractivity contribution < 1.29 is 9.21 Å². The summed E-state index contributed by atoms with van der Waals surface area (Å²) >= 11 is 0. The van der Waals surface area contributed by atoms with Crippen LogP contribution in [0.3, 0.4) is 0 Å². The maximum atomic E-state index is 12.1. The molecule has 0 aliphatic heterocycles. The number of hydrogen-bond acceptors (Lipinski definition) is 4. The molecular weight excluding hydrogens is 218 g/mol. The third-order valence-electron chi connectivity index (χ3n) is 3.30. The molecule has 96 valence electrons. The molecule has 0 spiro atoms. The summed E-state index contributed by atoms with van der Waals surface area (Å²) in [5, 5.41) is 2.83. The largest absolute Gasteiger partial charge is 0.444 e. The Bertz CT molecular complexity index is 361. The average Bonchev–Trinajstić information content (AvgIpc) is 2.75. The first-order chi connectivity index (χ1) is 8.07. The minimum Gasteiger partial charge on any atom is -0.444 e. The van der Waals surface area contributed by atoms with Crippen LogP contribution in [0.2, 0.25) is 0 Å². The van der Waals surface area contributed by atoms with Crippen molar-refractivity contribution in [2.24, 2.45) is 11.1 Å². The lowest BCUT2D eigenvalue weighted by Gasteiger charge is -2.28. The smallest absolute Gasteiger partial charge is 0.227 e. The minimum atomic E-state index is -0.471. The monoisotopic (exact) mass is 239 g/mol. The topological polar surface area (TPSA) is 81.2 Å². The Morgan fingerprint density at radius 2 is 2.18 bits per heavy atom. The zero-order valence-corrected chi connectivity index (χ0v) is 10.7. The first-order valence-electron chi connectivity index (χ1n) is 5.97. The summed E-state index contributed by atoms with van der Waals surface area (Å²) in [5.74, 6) is 1.24. The first kappa shape index (κ1) is 13.7. The van der Waals surface area contributed by atoms with Gasteiger partial charge in [-0.15, -0.1) is 0 Å². The number of oxazole rings is 1. The van der Waals surface area contributed by atoms with E-state index in [1.165, 1.54) is 0 Å². The Balaban J connectivity index is 2.59. The van der Waals surface area contributed by atoms with Crippen molar-refractivity contribution in [1.29, 1.82) is 0 Å². The third-order valence-corrected chi connectivity index (χ3v) is 3.30. The van der Waals surface area contributed by atoms with Gasteiger partial charge in [0, 0.05) is 6.54 Å². The first-order valence-corrected chi connectivity index (χ1v) is 5.97. The van der Waals surface area contributed by atoms with E-state index < -0.39 is 5.41 Å². The van der Waals surface area contributed by atoms with E-state index in [4.69, 9.17) is 10.2 Å². The normalized spacial score (nSPS) is 11.5. The van der Waals surface area contributed by atoms with Gasteiger partial charge in [-0.2, -0.15) is 0 Å². The molecule has 1 amide bonds. The number of carbonyl (C=O) groups excluding carboxylic acids is 1. The molecule has 17 heavy (non-hydrogen) atoms. The van der Waals surface area contributed by atoms with E-state index in [1.807, 2.05) is 20.8 Å². The molecule has 1 aromatic heterocycles. The molecule has 1 aromatic rings. The van der Waals surface area contributed by atoms with Crippen molar-refractivity contribution >= 4 is 5.91 Å². The van der Waals surface area contributed by atoms with Gasteiger partial charge in [-0.1, -0.05) is 13.8 Å². The zero-order valence-electron chi connectivity index (χ0n) is 10.7. The molecule has 0 aliphatic carbocycles. The maximum Gasteiger partial charge on any atom is 0.227 e. The lowest BCUT2D eigenvalue weighted by Crippen LogP contribution is -2.45. The standard InChI is InChI=1S/C12H21N3O2/c1-4-12(5-2,8-13)11(16)15-7-10-14-6-9(3)17-10/h6H,4-5,7-8,13H2,1-3H3,(H,15,16). The average molecular weight is 239 g/mol. The fourth-order valence-corrected chi connectivity index (χ4v) is 1.78. The molecule has 0 aliphatic rings. The number of aromatic nitrogens is 1. The summed E-state index contributed by atoms with van der Waals surface area (Å²) < 4.78 is 5.29. The number of nitrogens with zero attached hydrogens (tertiary/aromatic N) is 1. The zero-order chi connectivity index (χ0) is 12.9. The van der Waals surface area contributed by atoms with Crippen LogP contribution >= 0.6 is 0 Å². The van der Waals surface area contributed by atoms with Gasteiger partial charge in [-0.05, 0) is 19.8 Å². The van der Waals surface area contributed by atoms with Crippen LogP contribution in [0.15, 0.2) is 10.6 Å². The molecule has 5 heteroatoms. The van der Waals surface area contributed by atoms with Gasteiger partial charge < -0.3 is 15.5 Å². The quantitative estimate of drug-likeness (QED) is 0.785. The number of aryl methyl sites for hydroxylation is 1. The Kier molecular flexibility index (Phi) is 4.69. The van der Waals surface area contributed by atoms with Crippen LogP contribution in [0.25, 0.3) is 0 Å². The van der Waals surface area contributed by atoms with E-state index in [2.05, 4.69) is 10.3 Å². The fraction of sp³-hybridized carbons (Fsp3) is 0.667. The molecule has 0 unspecified atom stereocenters. The van der Waals surface area contributed by atoms with E-state index in [1.54, 1.807) is 6.20 Å². The Morgan fingerprint density at radius 1 is 1.53 bits per heavy atom. The number of carbonyl (C=O) groups is 1. The van der Waals surface area contributed by atoms with Gasteiger partial charge in [0.05, 0.1) is 18.2 Å². The molecule has 3 N–H and O–H groups in total. The van der Waals surface area contributed by atoms with Gasteiger partial charge in [-0.3, -0.25) is 4.79 Å². The molecule has 0 bridgehead atoms. The van der Waals surface area contributed by atoms with E-state index >= 15 is 0 Å². The maximum absolute atomic E-state index is 12.1. The van der Waals surface area contributed by atoms with E-state index in [9.17, 15) is 4.79 Å². The molecule has 0 aromatic carbocycles. The van der Waals surface area contributed by atoms with E-state index in [-0.39, 0.29) is 5.91 Å². The van der Waals surface area contributed by atoms with Crippen molar-refractivity contribution in [3.63, 3.8) is 0 Å². The SMILES string of the molecule is CCC(CC)(CN)C(=O)NCc1ncc(C)o1. The molecule has 0 saturated carbocycles. The van der Waals surface area contributed by atoms with Gasteiger partial charge in [0.15, 0.2) is 0 Å². The molecule has 1 rings (SSSR count). The summed E-state index contributed by atoms with van der Waals surface area (Å²) in [7, 11) is 0. The van der Waals surface area contributed by atoms with Gasteiger partial charge >= 0.3 is 0 Å². The molecule has 5 nitrogen and oxygen atoms in total. The van der Waals surface area contributed by atoms with Crippen LogP contribution in [0.5, 0.6) is 0 Å². The Labute approximate surface area is 102 Å². The highest BCUT2D eigenvalue weighted by atomic mass is 16.4.